The van der Waals surface area contributed by atoms with Crippen LogP contribution in [-0.2, 0) is 10.1 Å². The van der Waals surface area contributed by atoms with E-state index in [9.17, 15) is 21.6 Å². The van der Waals surface area contributed by atoms with Gasteiger partial charge in [-0.05, 0) is 51.9 Å². The summed E-state index contributed by atoms with van der Waals surface area (Å²) in [5.41, 5.74) is -5.48. The zero-order chi connectivity index (χ0) is 19.0. The first-order valence-electron chi connectivity index (χ1n) is 7.86. The van der Waals surface area contributed by atoms with Crippen molar-refractivity contribution in [1.29, 1.82) is 0 Å². The van der Waals surface area contributed by atoms with Crippen LogP contribution in [0.5, 0.6) is 5.75 Å². The molecule has 3 nitrogen and oxygen atoms in total. The van der Waals surface area contributed by atoms with Gasteiger partial charge in [0, 0.05) is 20.2 Å². The van der Waals surface area contributed by atoms with E-state index in [2.05, 4.69) is 4.18 Å². The van der Waals surface area contributed by atoms with E-state index in [1.807, 2.05) is 36.4 Å². The van der Waals surface area contributed by atoms with Crippen LogP contribution >= 0.6 is 11.3 Å². The molecule has 136 valence electrons. The molecular weight excluding hydrogens is 397 g/mol. The highest BCUT2D eigenvalue weighted by Gasteiger charge is 2.48. The van der Waals surface area contributed by atoms with E-state index in [-0.39, 0.29) is 5.75 Å². The Kier molecular flexibility index (Phi) is 3.22. The van der Waals surface area contributed by atoms with Crippen molar-refractivity contribution >= 4 is 63.2 Å². The predicted molar refractivity (Wildman–Crippen MR) is 101 cm³/mol. The van der Waals surface area contributed by atoms with Crippen LogP contribution in [0.1, 0.15) is 0 Å². The molecule has 5 rings (SSSR count). The Labute approximate surface area is 155 Å². The summed E-state index contributed by atoms with van der Waals surface area (Å²) in [6.07, 6.45) is 0. The SMILES string of the molecule is O=S(=O)(Oc1ccc2c(c1)c1cccc3sc4cccc2c4c31)C(F)(F)F. The second-order valence-corrected chi connectivity index (χ2v) is 8.77. The van der Waals surface area contributed by atoms with Crippen LogP contribution < -0.4 is 4.18 Å². The fourth-order valence-corrected chi connectivity index (χ4v) is 5.13. The van der Waals surface area contributed by atoms with E-state index in [4.69, 9.17) is 0 Å². The van der Waals surface area contributed by atoms with Gasteiger partial charge in [-0.3, -0.25) is 0 Å². The molecule has 1 aromatic heterocycles. The van der Waals surface area contributed by atoms with Crippen LogP contribution in [0.25, 0.3) is 41.7 Å². The van der Waals surface area contributed by atoms with Crippen molar-refractivity contribution in [3.63, 3.8) is 0 Å². The molecule has 5 aromatic rings. The molecule has 8 heteroatoms. The molecule has 0 saturated carbocycles. The first kappa shape index (κ1) is 16.6. The Bertz CT molecular complexity index is 1450. The minimum absolute atomic E-state index is 0.367. The maximum atomic E-state index is 12.6. The normalized spacial score (nSPS) is 13.3. The molecular formula is C19H9F3O3S2. The third kappa shape index (κ3) is 2.30. The highest BCUT2D eigenvalue weighted by Crippen LogP contribution is 2.45. The quantitative estimate of drug-likeness (QED) is 0.204. The van der Waals surface area contributed by atoms with Gasteiger partial charge >= 0.3 is 15.6 Å². The zero-order valence-corrected chi connectivity index (χ0v) is 15.0. The molecule has 0 bridgehead atoms. The summed E-state index contributed by atoms with van der Waals surface area (Å²) < 4.78 is 67.1. The monoisotopic (exact) mass is 406 g/mol. The molecule has 0 fully saturated rings. The van der Waals surface area contributed by atoms with E-state index < -0.39 is 15.6 Å². The molecule has 1 heterocycles. The van der Waals surface area contributed by atoms with Crippen LogP contribution in [-0.4, -0.2) is 13.9 Å². The van der Waals surface area contributed by atoms with Gasteiger partial charge in [-0.25, -0.2) is 0 Å². The molecule has 0 saturated heterocycles. The summed E-state index contributed by atoms with van der Waals surface area (Å²) in [7, 11) is -5.72. The van der Waals surface area contributed by atoms with Crippen molar-refractivity contribution in [2.45, 2.75) is 5.51 Å². The van der Waals surface area contributed by atoms with E-state index in [1.54, 1.807) is 17.4 Å². The number of halogens is 3. The molecule has 0 aliphatic rings. The van der Waals surface area contributed by atoms with Gasteiger partial charge in [0.2, 0.25) is 0 Å². The first-order valence-corrected chi connectivity index (χ1v) is 10.1. The average Bonchev–Trinajstić information content (AvgIpc) is 2.99. The Morgan fingerprint density at radius 3 is 1.96 bits per heavy atom. The third-order valence-corrected chi connectivity index (χ3v) is 6.68. The maximum Gasteiger partial charge on any atom is 0.534 e. The lowest BCUT2D eigenvalue weighted by Gasteiger charge is -2.12. The molecule has 0 aliphatic heterocycles. The highest BCUT2D eigenvalue weighted by atomic mass is 32.2. The molecule has 0 atom stereocenters. The lowest BCUT2D eigenvalue weighted by Crippen LogP contribution is -2.28. The molecule has 4 aromatic carbocycles. The number of fused-ring (bicyclic) bond motifs is 3. The number of alkyl halides is 3. The number of benzene rings is 4. The smallest absolute Gasteiger partial charge is 0.376 e. The van der Waals surface area contributed by atoms with Crippen molar-refractivity contribution in [3.05, 3.63) is 54.6 Å². The molecule has 0 unspecified atom stereocenters. The zero-order valence-electron chi connectivity index (χ0n) is 13.4. The predicted octanol–water partition coefficient (Wildman–Crippen LogP) is 6.03. The lowest BCUT2D eigenvalue weighted by molar-refractivity contribution is -0.0500. The van der Waals surface area contributed by atoms with Crippen LogP contribution in [0.15, 0.2) is 54.6 Å². The van der Waals surface area contributed by atoms with Crippen molar-refractivity contribution < 1.29 is 25.8 Å². The highest BCUT2D eigenvalue weighted by molar-refractivity contribution is 7.88. The summed E-state index contributed by atoms with van der Waals surface area (Å²) in [5, 5.41) is 5.43. The van der Waals surface area contributed by atoms with Gasteiger partial charge in [-0.1, -0.05) is 24.3 Å². The largest absolute Gasteiger partial charge is 0.534 e. The van der Waals surface area contributed by atoms with Gasteiger partial charge in [0.15, 0.2) is 0 Å². The van der Waals surface area contributed by atoms with Crippen LogP contribution in [0.2, 0.25) is 0 Å². The topological polar surface area (TPSA) is 43.4 Å². The van der Waals surface area contributed by atoms with Crippen LogP contribution in [0, 0.1) is 0 Å². The van der Waals surface area contributed by atoms with Gasteiger partial charge in [-0.15, -0.1) is 11.3 Å². The number of hydrogen-bond acceptors (Lipinski definition) is 4. The molecule has 27 heavy (non-hydrogen) atoms. The van der Waals surface area contributed by atoms with Crippen LogP contribution in [0.3, 0.4) is 0 Å². The van der Waals surface area contributed by atoms with E-state index >= 15 is 0 Å². The Morgan fingerprint density at radius 1 is 0.778 bits per heavy atom. The number of hydrogen-bond donors (Lipinski definition) is 0. The van der Waals surface area contributed by atoms with Gasteiger partial charge in [0.25, 0.3) is 0 Å². The Morgan fingerprint density at radius 2 is 1.37 bits per heavy atom. The van der Waals surface area contributed by atoms with Crippen molar-refractivity contribution in [2.24, 2.45) is 0 Å². The van der Waals surface area contributed by atoms with E-state index in [0.29, 0.717) is 5.39 Å². The van der Waals surface area contributed by atoms with Crippen molar-refractivity contribution in [3.8, 4) is 5.75 Å². The fourth-order valence-electron chi connectivity index (χ4n) is 3.52. The molecule has 0 spiro atoms. The van der Waals surface area contributed by atoms with E-state index in [0.717, 1.165) is 36.3 Å². The Balaban J connectivity index is 1.86. The van der Waals surface area contributed by atoms with E-state index in [1.165, 1.54) is 12.1 Å². The summed E-state index contributed by atoms with van der Waals surface area (Å²) in [6, 6.07) is 15.9. The molecule has 0 N–H and O–H groups in total. The molecule has 0 amide bonds. The van der Waals surface area contributed by atoms with Crippen molar-refractivity contribution in [2.75, 3.05) is 0 Å². The summed E-state index contributed by atoms with van der Waals surface area (Å²) in [6.45, 7) is 0. The lowest BCUT2D eigenvalue weighted by atomic mass is 9.94. The van der Waals surface area contributed by atoms with Gasteiger partial charge in [0.05, 0.1) is 0 Å². The summed E-state index contributed by atoms with van der Waals surface area (Å²) >= 11 is 1.64. The van der Waals surface area contributed by atoms with Gasteiger partial charge in [-0.2, -0.15) is 21.6 Å². The third-order valence-electron chi connectivity index (χ3n) is 4.58. The number of thiophene rings is 1. The fraction of sp³-hybridized carbons (Fsp3) is 0.0526. The second kappa shape index (κ2) is 5.24. The summed E-state index contributed by atoms with van der Waals surface area (Å²) in [4.78, 5) is 0. The second-order valence-electron chi connectivity index (χ2n) is 6.15. The molecule has 0 aliphatic carbocycles. The first-order chi connectivity index (χ1) is 12.8. The summed E-state index contributed by atoms with van der Waals surface area (Å²) in [5.74, 6) is -0.367. The van der Waals surface area contributed by atoms with Crippen LogP contribution in [0.4, 0.5) is 13.2 Å². The number of rotatable bonds is 2. The van der Waals surface area contributed by atoms with Crippen molar-refractivity contribution in [1.82, 2.24) is 0 Å². The maximum absolute atomic E-state index is 12.6. The minimum Gasteiger partial charge on any atom is -0.376 e. The molecule has 0 radical (unpaired) electrons. The average molecular weight is 406 g/mol. The standard InChI is InChI=1S/C19H9F3O3S2/c20-19(21,22)27(23,24)25-10-7-8-11-12-3-1-5-15-17(12)18-13(14(11)9-10)4-2-6-16(18)26-15/h1-9H. The minimum atomic E-state index is -5.72. The van der Waals surface area contributed by atoms with Gasteiger partial charge in [0.1, 0.15) is 5.75 Å². The van der Waals surface area contributed by atoms with Gasteiger partial charge < -0.3 is 4.18 Å². The Hall–Kier alpha value is -2.58.